The number of benzene rings is 1. The minimum Gasteiger partial charge on any atom is -0.486 e. The van der Waals surface area contributed by atoms with E-state index < -0.39 is 0 Å². The Bertz CT molecular complexity index is 926. The topological polar surface area (TPSA) is 69.3 Å². The first-order valence-corrected chi connectivity index (χ1v) is 9.12. The molecule has 2 heterocycles. The van der Waals surface area contributed by atoms with Crippen molar-refractivity contribution in [2.45, 2.75) is 40.5 Å². The molecule has 1 N–H and O–H groups in total. The second kappa shape index (κ2) is 8.31. The van der Waals surface area contributed by atoms with Crippen molar-refractivity contribution in [3.05, 3.63) is 69.9 Å². The van der Waals surface area contributed by atoms with Crippen LogP contribution in [0.1, 0.15) is 40.1 Å². The van der Waals surface area contributed by atoms with Gasteiger partial charge in [0.2, 0.25) is 0 Å². The van der Waals surface area contributed by atoms with Gasteiger partial charge in [-0.05, 0) is 56.2 Å². The number of halogens is 1. The third-order valence-electron chi connectivity index (χ3n) is 3.99. The van der Waals surface area contributed by atoms with Crippen LogP contribution in [0, 0.1) is 13.8 Å². The monoisotopic (exact) mass is 387 g/mol. The second-order valence-electron chi connectivity index (χ2n) is 6.34. The molecule has 1 aromatic carbocycles. The molecular weight excluding hydrogens is 366 g/mol. The number of amides is 1. The first kappa shape index (κ1) is 19.0. The minimum atomic E-state index is -0.324. The summed E-state index contributed by atoms with van der Waals surface area (Å²) in [6, 6.07) is 9.36. The fraction of sp³-hybridized carbons (Fsp3) is 0.300. The summed E-state index contributed by atoms with van der Waals surface area (Å²) >= 11 is 6.10. The van der Waals surface area contributed by atoms with Gasteiger partial charge in [0.05, 0.1) is 11.6 Å². The number of carbonyl (C=O) groups excluding carboxylic acids is 1. The zero-order valence-electron chi connectivity index (χ0n) is 15.6. The Balaban J connectivity index is 1.56. The number of nitrogens with zero attached hydrogens (tertiary/aromatic N) is 2. The SMILES string of the molecule is CCn1cc(Cl)c(CNC(=O)c2ccc(COc3cc(C)cc(C)c3)o2)n1. The number of hydrogen-bond donors (Lipinski definition) is 1. The first-order valence-electron chi connectivity index (χ1n) is 8.74. The number of aromatic nitrogens is 2. The maximum atomic E-state index is 12.3. The van der Waals surface area contributed by atoms with E-state index >= 15 is 0 Å². The van der Waals surface area contributed by atoms with Gasteiger partial charge in [-0.25, -0.2) is 0 Å². The van der Waals surface area contributed by atoms with Gasteiger partial charge in [0.15, 0.2) is 5.76 Å². The average Bonchev–Trinajstić information content (AvgIpc) is 3.23. The summed E-state index contributed by atoms with van der Waals surface area (Å²) in [6.07, 6.45) is 1.73. The largest absolute Gasteiger partial charge is 0.486 e. The van der Waals surface area contributed by atoms with Crippen LogP contribution in [-0.2, 0) is 19.7 Å². The van der Waals surface area contributed by atoms with Crippen LogP contribution in [0.2, 0.25) is 5.02 Å². The summed E-state index contributed by atoms with van der Waals surface area (Å²) in [5.74, 6) is 1.25. The molecule has 2 aromatic heterocycles. The normalized spacial score (nSPS) is 10.8. The van der Waals surface area contributed by atoms with Crippen LogP contribution in [0.3, 0.4) is 0 Å². The number of ether oxygens (including phenoxy) is 1. The van der Waals surface area contributed by atoms with E-state index in [-0.39, 0.29) is 24.8 Å². The van der Waals surface area contributed by atoms with Crippen LogP contribution < -0.4 is 10.1 Å². The Morgan fingerprint density at radius 3 is 2.67 bits per heavy atom. The molecule has 3 aromatic rings. The van der Waals surface area contributed by atoms with Crippen molar-refractivity contribution in [1.82, 2.24) is 15.1 Å². The quantitative estimate of drug-likeness (QED) is 0.657. The van der Waals surface area contributed by atoms with Gasteiger partial charge in [-0.1, -0.05) is 17.7 Å². The number of nitrogens with one attached hydrogen (secondary N) is 1. The van der Waals surface area contributed by atoms with Crippen molar-refractivity contribution < 1.29 is 13.9 Å². The van der Waals surface area contributed by atoms with Crippen molar-refractivity contribution >= 4 is 17.5 Å². The third-order valence-corrected chi connectivity index (χ3v) is 4.31. The number of furan rings is 1. The molecule has 0 fully saturated rings. The maximum Gasteiger partial charge on any atom is 0.287 e. The van der Waals surface area contributed by atoms with Crippen LogP contribution >= 0.6 is 11.6 Å². The highest BCUT2D eigenvalue weighted by Crippen LogP contribution is 2.19. The third kappa shape index (κ3) is 4.92. The molecule has 3 rings (SSSR count). The van der Waals surface area contributed by atoms with Crippen LogP contribution in [0.15, 0.2) is 40.9 Å². The van der Waals surface area contributed by atoms with E-state index in [1.165, 1.54) is 0 Å². The Morgan fingerprint density at radius 2 is 2.00 bits per heavy atom. The highest BCUT2D eigenvalue weighted by atomic mass is 35.5. The molecule has 0 atom stereocenters. The van der Waals surface area contributed by atoms with Gasteiger partial charge in [0.1, 0.15) is 23.8 Å². The van der Waals surface area contributed by atoms with Gasteiger partial charge < -0.3 is 14.5 Å². The van der Waals surface area contributed by atoms with E-state index in [4.69, 9.17) is 20.8 Å². The minimum absolute atomic E-state index is 0.222. The Kier molecular flexibility index (Phi) is 5.86. The van der Waals surface area contributed by atoms with Crippen molar-refractivity contribution in [2.24, 2.45) is 0 Å². The van der Waals surface area contributed by atoms with Crippen molar-refractivity contribution in [2.75, 3.05) is 0 Å². The number of hydrogen-bond acceptors (Lipinski definition) is 4. The summed E-state index contributed by atoms with van der Waals surface area (Å²) < 4.78 is 13.0. The van der Waals surface area contributed by atoms with Gasteiger partial charge in [-0.15, -0.1) is 0 Å². The molecule has 0 aliphatic heterocycles. The molecule has 0 spiro atoms. The van der Waals surface area contributed by atoms with Gasteiger partial charge >= 0.3 is 0 Å². The number of rotatable bonds is 7. The predicted molar refractivity (Wildman–Crippen MR) is 103 cm³/mol. The van der Waals surface area contributed by atoms with Gasteiger partial charge in [0, 0.05) is 12.7 Å². The van der Waals surface area contributed by atoms with Crippen LogP contribution in [0.4, 0.5) is 0 Å². The Labute approximate surface area is 163 Å². The lowest BCUT2D eigenvalue weighted by Crippen LogP contribution is -2.22. The van der Waals surface area contributed by atoms with Crippen LogP contribution in [-0.4, -0.2) is 15.7 Å². The molecule has 0 radical (unpaired) electrons. The van der Waals surface area contributed by atoms with E-state index in [0.29, 0.717) is 16.5 Å². The zero-order valence-corrected chi connectivity index (χ0v) is 16.3. The van der Waals surface area contributed by atoms with E-state index in [1.54, 1.807) is 23.0 Å². The molecule has 0 saturated heterocycles. The molecule has 7 heteroatoms. The molecule has 0 unspecified atom stereocenters. The lowest BCUT2D eigenvalue weighted by Gasteiger charge is -2.06. The summed E-state index contributed by atoms with van der Waals surface area (Å²) in [7, 11) is 0. The summed E-state index contributed by atoms with van der Waals surface area (Å²) in [6.45, 7) is 7.21. The molecule has 0 saturated carbocycles. The highest BCUT2D eigenvalue weighted by molar-refractivity contribution is 6.31. The lowest BCUT2D eigenvalue weighted by atomic mass is 10.1. The first-order chi connectivity index (χ1) is 12.9. The maximum absolute atomic E-state index is 12.3. The van der Waals surface area contributed by atoms with Gasteiger partial charge in [-0.3, -0.25) is 9.48 Å². The van der Waals surface area contributed by atoms with E-state index in [1.807, 2.05) is 32.9 Å². The summed E-state index contributed by atoms with van der Waals surface area (Å²) in [5, 5.41) is 7.58. The molecule has 0 bridgehead atoms. The predicted octanol–water partition coefficient (Wildman–Crippen LogP) is 4.28. The summed E-state index contributed by atoms with van der Waals surface area (Å²) in [4.78, 5) is 12.3. The van der Waals surface area contributed by atoms with Gasteiger partial charge in [-0.2, -0.15) is 5.10 Å². The molecule has 0 aliphatic carbocycles. The molecule has 6 nitrogen and oxygen atoms in total. The van der Waals surface area contributed by atoms with E-state index in [9.17, 15) is 4.79 Å². The lowest BCUT2D eigenvalue weighted by molar-refractivity contribution is 0.0918. The molecule has 1 amide bonds. The Morgan fingerprint density at radius 1 is 1.26 bits per heavy atom. The van der Waals surface area contributed by atoms with Crippen LogP contribution in [0.5, 0.6) is 5.75 Å². The standard InChI is InChI=1S/C20H22ClN3O3/c1-4-24-11-17(21)18(23-24)10-22-20(25)19-6-5-15(27-19)12-26-16-8-13(2)7-14(3)9-16/h5-9,11H,4,10,12H2,1-3H3,(H,22,25). The fourth-order valence-corrected chi connectivity index (χ4v) is 2.94. The molecule has 0 aliphatic rings. The number of carbonyl (C=O) groups is 1. The van der Waals surface area contributed by atoms with Crippen molar-refractivity contribution in [1.29, 1.82) is 0 Å². The van der Waals surface area contributed by atoms with Crippen molar-refractivity contribution in [3.63, 3.8) is 0 Å². The van der Waals surface area contributed by atoms with Crippen molar-refractivity contribution in [3.8, 4) is 5.75 Å². The second-order valence-corrected chi connectivity index (χ2v) is 6.75. The van der Waals surface area contributed by atoms with E-state index in [0.717, 1.165) is 23.4 Å². The summed E-state index contributed by atoms with van der Waals surface area (Å²) in [5.41, 5.74) is 2.89. The highest BCUT2D eigenvalue weighted by Gasteiger charge is 2.13. The Hall–Kier alpha value is -2.73. The number of aryl methyl sites for hydroxylation is 3. The van der Waals surface area contributed by atoms with Gasteiger partial charge in [0.25, 0.3) is 5.91 Å². The molecule has 142 valence electrons. The van der Waals surface area contributed by atoms with E-state index in [2.05, 4.69) is 16.5 Å². The smallest absolute Gasteiger partial charge is 0.287 e. The molecule has 27 heavy (non-hydrogen) atoms. The van der Waals surface area contributed by atoms with Crippen LogP contribution in [0.25, 0.3) is 0 Å². The average molecular weight is 388 g/mol. The fourth-order valence-electron chi connectivity index (χ4n) is 2.72. The zero-order chi connectivity index (χ0) is 19.4. The molecular formula is C20H22ClN3O3.